The number of oxazole rings is 1. The average molecular weight is 283 g/mol. The Hall–Kier alpha value is -2.89. The molecule has 2 aromatic heterocycles. The number of aromatic nitrogens is 2. The van der Waals surface area contributed by atoms with Gasteiger partial charge in [0.2, 0.25) is 0 Å². The molecule has 0 radical (unpaired) electrons. The summed E-state index contributed by atoms with van der Waals surface area (Å²) < 4.78 is 5.62. The van der Waals surface area contributed by atoms with Crippen LogP contribution in [-0.2, 0) is 6.54 Å². The van der Waals surface area contributed by atoms with Gasteiger partial charge in [-0.3, -0.25) is 4.98 Å². The first-order valence-electron chi connectivity index (χ1n) is 6.37. The van der Waals surface area contributed by atoms with E-state index in [9.17, 15) is 4.79 Å². The van der Waals surface area contributed by atoms with Crippen molar-refractivity contribution in [1.29, 1.82) is 0 Å². The van der Waals surface area contributed by atoms with Crippen molar-refractivity contribution in [3.63, 3.8) is 0 Å². The molecule has 3 aromatic rings. The highest BCUT2D eigenvalue weighted by atomic mass is 16.4. The van der Waals surface area contributed by atoms with Crippen molar-refractivity contribution < 1.29 is 14.3 Å². The summed E-state index contributed by atoms with van der Waals surface area (Å²) >= 11 is 0. The highest BCUT2D eigenvalue weighted by molar-refractivity contribution is 5.92. The Morgan fingerprint density at radius 2 is 2.24 bits per heavy atom. The van der Waals surface area contributed by atoms with Gasteiger partial charge in [-0.05, 0) is 29.8 Å². The summed E-state index contributed by atoms with van der Waals surface area (Å²) in [6.07, 6.45) is 3.50. The standard InChI is InChI=1S/C15H13N3O3/c1-18(9-10-3-2-6-16-8-10)15-17-12-5-4-11(14(19)20)7-13(12)21-15/h2-8H,9H2,1H3,(H,19,20). The lowest BCUT2D eigenvalue weighted by Gasteiger charge is -2.13. The largest absolute Gasteiger partial charge is 0.478 e. The molecule has 0 atom stereocenters. The van der Waals surface area contributed by atoms with Gasteiger partial charge in [-0.25, -0.2) is 4.79 Å². The minimum absolute atomic E-state index is 0.181. The maximum absolute atomic E-state index is 10.9. The van der Waals surface area contributed by atoms with Crippen molar-refractivity contribution in [1.82, 2.24) is 9.97 Å². The van der Waals surface area contributed by atoms with Crippen molar-refractivity contribution in [2.75, 3.05) is 11.9 Å². The van der Waals surface area contributed by atoms with Crippen LogP contribution in [-0.4, -0.2) is 28.1 Å². The van der Waals surface area contributed by atoms with Gasteiger partial charge in [-0.15, -0.1) is 0 Å². The quantitative estimate of drug-likeness (QED) is 0.792. The summed E-state index contributed by atoms with van der Waals surface area (Å²) in [7, 11) is 1.86. The molecule has 1 N–H and O–H groups in total. The van der Waals surface area contributed by atoms with E-state index in [1.54, 1.807) is 18.5 Å². The predicted molar refractivity (Wildman–Crippen MR) is 77.3 cm³/mol. The predicted octanol–water partition coefficient (Wildman–Crippen LogP) is 2.56. The SMILES string of the molecule is CN(Cc1cccnc1)c1nc2ccc(C(=O)O)cc2o1. The van der Waals surface area contributed by atoms with Crippen molar-refractivity contribution in [3.05, 3.63) is 53.9 Å². The third-order valence-corrected chi connectivity index (χ3v) is 3.09. The topological polar surface area (TPSA) is 79.5 Å². The number of benzene rings is 1. The molecule has 6 nitrogen and oxygen atoms in total. The van der Waals surface area contributed by atoms with E-state index in [-0.39, 0.29) is 5.56 Å². The lowest BCUT2D eigenvalue weighted by Crippen LogP contribution is -2.16. The molecule has 0 spiro atoms. The third kappa shape index (κ3) is 2.69. The van der Waals surface area contributed by atoms with E-state index < -0.39 is 5.97 Å². The van der Waals surface area contributed by atoms with E-state index in [0.29, 0.717) is 23.7 Å². The van der Waals surface area contributed by atoms with Crippen LogP contribution < -0.4 is 4.90 Å². The minimum atomic E-state index is -0.987. The van der Waals surface area contributed by atoms with E-state index in [0.717, 1.165) is 5.56 Å². The second-order valence-electron chi connectivity index (χ2n) is 4.70. The number of fused-ring (bicyclic) bond motifs is 1. The molecular formula is C15H13N3O3. The zero-order chi connectivity index (χ0) is 14.8. The van der Waals surface area contributed by atoms with Crippen LogP contribution in [0.3, 0.4) is 0 Å². The Morgan fingerprint density at radius 3 is 2.95 bits per heavy atom. The van der Waals surface area contributed by atoms with Gasteiger partial charge < -0.3 is 14.4 Å². The number of nitrogens with zero attached hydrogens (tertiary/aromatic N) is 3. The highest BCUT2D eigenvalue weighted by Crippen LogP contribution is 2.23. The Kier molecular flexibility index (Phi) is 3.27. The third-order valence-electron chi connectivity index (χ3n) is 3.09. The summed E-state index contributed by atoms with van der Waals surface area (Å²) in [6, 6.07) is 8.91. The summed E-state index contributed by atoms with van der Waals surface area (Å²) in [5, 5.41) is 8.98. The normalized spacial score (nSPS) is 10.7. The Morgan fingerprint density at radius 1 is 1.38 bits per heavy atom. The van der Waals surface area contributed by atoms with Crippen molar-refractivity contribution >= 4 is 23.1 Å². The number of carbonyl (C=O) groups is 1. The molecule has 21 heavy (non-hydrogen) atoms. The molecule has 0 fully saturated rings. The number of carboxylic acids is 1. The van der Waals surface area contributed by atoms with E-state index in [4.69, 9.17) is 9.52 Å². The molecule has 0 saturated carbocycles. The zero-order valence-corrected chi connectivity index (χ0v) is 11.4. The molecule has 0 saturated heterocycles. The molecule has 2 heterocycles. The van der Waals surface area contributed by atoms with Gasteiger partial charge in [0.15, 0.2) is 5.58 Å². The van der Waals surface area contributed by atoms with E-state index in [1.807, 2.05) is 24.1 Å². The van der Waals surface area contributed by atoms with E-state index in [1.165, 1.54) is 12.1 Å². The minimum Gasteiger partial charge on any atom is -0.478 e. The second-order valence-corrected chi connectivity index (χ2v) is 4.70. The van der Waals surface area contributed by atoms with E-state index >= 15 is 0 Å². The number of pyridine rings is 1. The lowest BCUT2D eigenvalue weighted by atomic mass is 10.2. The molecule has 6 heteroatoms. The van der Waals surface area contributed by atoms with Crippen LogP contribution >= 0.6 is 0 Å². The smallest absolute Gasteiger partial charge is 0.335 e. The molecule has 0 bridgehead atoms. The summed E-state index contributed by atoms with van der Waals surface area (Å²) in [5.74, 6) is -0.987. The average Bonchev–Trinajstić information content (AvgIpc) is 2.91. The van der Waals surface area contributed by atoms with Crippen molar-refractivity contribution in [2.45, 2.75) is 6.54 Å². The number of aromatic carboxylic acids is 1. The van der Waals surface area contributed by atoms with Gasteiger partial charge in [-0.2, -0.15) is 4.98 Å². The molecule has 1 aromatic carbocycles. The molecular weight excluding hydrogens is 270 g/mol. The second kappa shape index (κ2) is 5.24. The van der Waals surface area contributed by atoms with Crippen LogP contribution in [0.25, 0.3) is 11.1 Å². The summed E-state index contributed by atoms with van der Waals surface area (Å²) in [6.45, 7) is 0.604. The number of carboxylic acid groups (broad SMARTS) is 1. The fourth-order valence-corrected chi connectivity index (χ4v) is 2.04. The van der Waals surface area contributed by atoms with Crippen LogP contribution in [0.1, 0.15) is 15.9 Å². The maximum Gasteiger partial charge on any atom is 0.335 e. The van der Waals surface area contributed by atoms with Gasteiger partial charge in [0.1, 0.15) is 5.52 Å². The maximum atomic E-state index is 10.9. The number of hydrogen-bond donors (Lipinski definition) is 1. The van der Waals surface area contributed by atoms with Crippen molar-refractivity contribution in [2.24, 2.45) is 0 Å². The van der Waals surface area contributed by atoms with Crippen LogP contribution in [0.4, 0.5) is 6.01 Å². The van der Waals surface area contributed by atoms with Crippen LogP contribution in [0.2, 0.25) is 0 Å². The van der Waals surface area contributed by atoms with Gasteiger partial charge in [0.25, 0.3) is 6.01 Å². The highest BCUT2D eigenvalue weighted by Gasteiger charge is 2.13. The Labute approximate surface area is 120 Å². The number of hydrogen-bond acceptors (Lipinski definition) is 5. The molecule has 106 valence electrons. The van der Waals surface area contributed by atoms with Gasteiger partial charge in [0.05, 0.1) is 5.56 Å². The molecule has 0 aliphatic carbocycles. The van der Waals surface area contributed by atoms with Gasteiger partial charge in [0, 0.05) is 26.0 Å². The molecule has 0 unspecified atom stereocenters. The van der Waals surface area contributed by atoms with Crippen molar-refractivity contribution in [3.8, 4) is 0 Å². The fourth-order valence-electron chi connectivity index (χ4n) is 2.04. The van der Waals surface area contributed by atoms with Crippen LogP contribution in [0, 0.1) is 0 Å². The molecule has 0 aliphatic rings. The Bertz CT molecular complexity index is 783. The monoisotopic (exact) mass is 283 g/mol. The first-order valence-corrected chi connectivity index (χ1v) is 6.37. The first kappa shape index (κ1) is 13.1. The zero-order valence-electron chi connectivity index (χ0n) is 11.4. The van der Waals surface area contributed by atoms with Gasteiger partial charge in [-0.1, -0.05) is 6.07 Å². The van der Waals surface area contributed by atoms with Crippen LogP contribution in [0.15, 0.2) is 47.1 Å². The number of anilines is 1. The fraction of sp³-hybridized carbons (Fsp3) is 0.133. The van der Waals surface area contributed by atoms with Crippen LogP contribution in [0.5, 0.6) is 0 Å². The van der Waals surface area contributed by atoms with E-state index in [2.05, 4.69) is 9.97 Å². The lowest BCUT2D eigenvalue weighted by molar-refractivity contribution is 0.0697. The first-order chi connectivity index (χ1) is 10.1. The summed E-state index contributed by atoms with van der Waals surface area (Å²) in [5.41, 5.74) is 2.31. The summed E-state index contributed by atoms with van der Waals surface area (Å²) in [4.78, 5) is 21.2. The number of rotatable bonds is 4. The molecule has 0 amide bonds. The Balaban J connectivity index is 1.88. The van der Waals surface area contributed by atoms with Gasteiger partial charge >= 0.3 is 5.97 Å². The molecule has 3 rings (SSSR count). The molecule has 0 aliphatic heterocycles.